The van der Waals surface area contributed by atoms with Crippen LogP contribution in [0.15, 0.2) is 47.4 Å². The van der Waals surface area contributed by atoms with E-state index in [0.29, 0.717) is 18.4 Å². The lowest BCUT2D eigenvalue weighted by Gasteiger charge is -2.32. The van der Waals surface area contributed by atoms with Gasteiger partial charge in [0, 0.05) is 32.6 Å². The Hall–Kier alpha value is -2.39. The molecule has 32 heavy (non-hydrogen) atoms. The lowest BCUT2D eigenvalue weighted by atomic mass is 9.96. The summed E-state index contributed by atoms with van der Waals surface area (Å²) in [7, 11) is -2.08. The summed E-state index contributed by atoms with van der Waals surface area (Å²) in [6, 6.07) is 9.95. The second-order valence-electron chi connectivity index (χ2n) is 8.32. The number of rotatable bonds is 5. The van der Waals surface area contributed by atoms with E-state index in [2.05, 4.69) is 0 Å². The van der Waals surface area contributed by atoms with Crippen molar-refractivity contribution in [3.05, 3.63) is 64.7 Å². The normalized spacial score (nSPS) is 16.2. The third kappa shape index (κ3) is 5.32. The summed E-state index contributed by atoms with van der Waals surface area (Å²) in [5.41, 5.74) is 1.55. The molecule has 9 heteroatoms. The van der Waals surface area contributed by atoms with E-state index in [1.807, 2.05) is 13.8 Å². The van der Waals surface area contributed by atoms with Gasteiger partial charge in [-0.1, -0.05) is 18.2 Å². The summed E-state index contributed by atoms with van der Waals surface area (Å²) < 4.78 is 66.1. The van der Waals surface area contributed by atoms with Gasteiger partial charge in [-0.3, -0.25) is 4.79 Å². The van der Waals surface area contributed by atoms with Crippen LogP contribution in [0.3, 0.4) is 0 Å². The van der Waals surface area contributed by atoms with Gasteiger partial charge in [0.05, 0.1) is 10.5 Å². The van der Waals surface area contributed by atoms with E-state index in [9.17, 15) is 26.4 Å². The Morgan fingerprint density at radius 1 is 1.06 bits per heavy atom. The molecule has 0 radical (unpaired) electrons. The molecule has 1 saturated heterocycles. The van der Waals surface area contributed by atoms with Gasteiger partial charge < -0.3 is 4.90 Å². The molecule has 1 amide bonds. The number of halogens is 3. The maximum absolute atomic E-state index is 13.0. The van der Waals surface area contributed by atoms with Crippen LogP contribution in [0.4, 0.5) is 13.2 Å². The Balaban J connectivity index is 1.62. The van der Waals surface area contributed by atoms with Crippen molar-refractivity contribution in [2.45, 2.75) is 44.3 Å². The number of amides is 1. The van der Waals surface area contributed by atoms with E-state index in [0.717, 1.165) is 23.3 Å². The van der Waals surface area contributed by atoms with Gasteiger partial charge >= 0.3 is 6.18 Å². The molecule has 2 aromatic carbocycles. The van der Waals surface area contributed by atoms with Crippen molar-refractivity contribution >= 4 is 15.9 Å². The van der Waals surface area contributed by atoms with Gasteiger partial charge in [-0.05, 0) is 67.6 Å². The van der Waals surface area contributed by atoms with Crippen LogP contribution in [-0.2, 0) is 27.5 Å². The van der Waals surface area contributed by atoms with Crippen LogP contribution in [0.2, 0.25) is 0 Å². The molecule has 0 N–H and O–H groups in total. The predicted octanol–water partition coefficient (Wildman–Crippen LogP) is 4.38. The molecule has 1 fully saturated rings. The van der Waals surface area contributed by atoms with E-state index < -0.39 is 21.8 Å². The summed E-state index contributed by atoms with van der Waals surface area (Å²) in [6.07, 6.45) is -3.70. The molecule has 3 rings (SSSR count). The second kappa shape index (κ2) is 9.23. The SMILES string of the molecule is Cc1ccc(S(=O)(=O)N2CCC(C(=O)N(C)Cc3cccc(C(F)(F)F)c3)CC2)cc1C. The fraction of sp³-hybridized carbons (Fsp3) is 0.435. The molecule has 1 aliphatic heterocycles. The fourth-order valence-corrected chi connectivity index (χ4v) is 5.43. The first kappa shape index (κ1) is 24.3. The minimum atomic E-state index is -4.44. The number of sulfonamides is 1. The van der Waals surface area contributed by atoms with Crippen molar-refractivity contribution in [1.82, 2.24) is 9.21 Å². The first-order valence-corrected chi connectivity index (χ1v) is 11.8. The van der Waals surface area contributed by atoms with E-state index in [4.69, 9.17) is 0 Å². The highest BCUT2D eigenvalue weighted by Gasteiger charge is 2.34. The van der Waals surface area contributed by atoms with Crippen molar-refractivity contribution in [3.63, 3.8) is 0 Å². The summed E-state index contributed by atoms with van der Waals surface area (Å²) in [5.74, 6) is -0.553. The average molecular weight is 469 g/mol. The van der Waals surface area contributed by atoms with Crippen molar-refractivity contribution in [3.8, 4) is 0 Å². The van der Waals surface area contributed by atoms with Crippen LogP contribution in [0.5, 0.6) is 0 Å². The summed E-state index contributed by atoms with van der Waals surface area (Å²) >= 11 is 0. The summed E-state index contributed by atoms with van der Waals surface area (Å²) in [6.45, 7) is 4.29. The largest absolute Gasteiger partial charge is 0.416 e. The third-order valence-corrected chi connectivity index (χ3v) is 7.86. The third-order valence-electron chi connectivity index (χ3n) is 5.97. The molecule has 0 atom stereocenters. The highest BCUT2D eigenvalue weighted by atomic mass is 32.2. The fourth-order valence-electron chi connectivity index (χ4n) is 3.88. The number of benzene rings is 2. The minimum Gasteiger partial charge on any atom is -0.341 e. The van der Waals surface area contributed by atoms with Gasteiger partial charge in [-0.2, -0.15) is 17.5 Å². The second-order valence-corrected chi connectivity index (χ2v) is 10.3. The zero-order valence-corrected chi connectivity index (χ0v) is 19.1. The quantitative estimate of drug-likeness (QED) is 0.654. The van der Waals surface area contributed by atoms with Crippen molar-refractivity contribution in [2.75, 3.05) is 20.1 Å². The molecule has 0 aromatic heterocycles. The number of carbonyl (C=O) groups is 1. The number of hydrogen-bond acceptors (Lipinski definition) is 3. The summed E-state index contributed by atoms with van der Waals surface area (Å²) in [5, 5.41) is 0. The topological polar surface area (TPSA) is 57.7 Å². The Morgan fingerprint density at radius 3 is 2.31 bits per heavy atom. The zero-order valence-electron chi connectivity index (χ0n) is 18.3. The minimum absolute atomic E-state index is 0.0594. The average Bonchev–Trinajstić information content (AvgIpc) is 2.74. The van der Waals surface area contributed by atoms with Gasteiger partial charge in [0.1, 0.15) is 0 Å². The molecule has 0 spiro atoms. The molecule has 174 valence electrons. The number of hydrogen-bond donors (Lipinski definition) is 0. The Morgan fingerprint density at radius 2 is 1.72 bits per heavy atom. The molecule has 1 heterocycles. The Kier molecular flexibility index (Phi) is 7.00. The van der Waals surface area contributed by atoms with E-state index in [1.54, 1.807) is 31.3 Å². The standard InChI is InChI=1S/C23H27F3N2O3S/c1-16-7-8-21(13-17(16)2)32(30,31)28-11-9-19(10-12-28)22(29)27(3)15-18-5-4-6-20(14-18)23(24,25)26/h4-8,13-14,19H,9-12,15H2,1-3H3. The maximum atomic E-state index is 13.0. The highest BCUT2D eigenvalue weighted by Crippen LogP contribution is 2.30. The van der Waals surface area contributed by atoms with Crippen LogP contribution in [0.25, 0.3) is 0 Å². The van der Waals surface area contributed by atoms with Crippen LogP contribution in [-0.4, -0.2) is 43.7 Å². The van der Waals surface area contributed by atoms with Crippen molar-refractivity contribution in [1.29, 1.82) is 0 Å². The highest BCUT2D eigenvalue weighted by molar-refractivity contribution is 7.89. The van der Waals surface area contributed by atoms with Gasteiger partial charge in [0.15, 0.2) is 0 Å². The van der Waals surface area contributed by atoms with Gasteiger partial charge in [0.2, 0.25) is 15.9 Å². The lowest BCUT2D eigenvalue weighted by Crippen LogP contribution is -2.43. The van der Waals surface area contributed by atoms with E-state index in [1.165, 1.54) is 15.3 Å². The molecule has 2 aromatic rings. The smallest absolute Gasteiger partial charge is 0.341 e. The molecular formula is C23H27F3N2O3S. The first-order chi connectivity index (χ1) is 14.9. The molecule has 0 unspecified atom stereocenters. The van der Waals surface area contributed by atoms with Gasteiger partial charge in [0.25, 0.3) is 0 Å². The van der Waals surface area contributed by atoms with Crippen molar-refractivity contribution < 1.29 is 26.4 Å². The Labute approximate surface area is 186 Å². The lowest BCUT2D eigenvalue weighted by molar-refractivity contribution is -0.137. The number of piperidine rings is 1. The van der Waals surface area contributed by atoms with E-state index >= 15 is 0 Å². The van der Waals surface area contributed by atoms with Crippen LogP contribution in [0.1, 0.15) is 35.1 Å². The number of aryl methyl sites for hydroxylation is 2. The number of carbonyl (C=O) groups excluding carboxylic acids is 1. The predicted molar refractivity (Wildman–Crippen MR) is 115 cm³/mol. The maximum Gasteiger partial charge on any atom is 0.416 e. The molecular weight excluding hydrogens is 441 g/mol. The van der Waals surface area contributed by atoms with Crippen molar-refractivity contribution in [2.24, 2.45) is 5.92 Å². The monoisotopic (exact) mass is 468 g/mol. The number of alkyl halides is 3. The van der Waals surface area contributed by atoms with Gasteiger partial charge in [-0.15, -0.1) is 0 Å². The first-order valence-electron chi connectivity index (χ1n) is 10.4. The van der Waals surface area contributed by atoms with Crippen LogP contribution in [0, 0.1) is 19.8 Å². The van der Waals surface area contributed by atoms with E-state index in [-0.39, 0.29) is 36.4 Å². The number of nitrogens with zero attached hydrogens (tertiary/aromatic N) is 2. The molecule has 0 bridgehead atoms. The van der Waals surface area contributed by atoms with Gasteiger partial charge in [-0.25, -0.2) is 8.42 Å². The molecule has 5 nitrogen and oxygen atoms in total. The summed E-state index contributed by atoms with van der Waals surface area (Å²) in [4.78, 5) is 14.5. The van der Waals surface area contributed by atoms with Crippen LogP contribution >= 0.6 is 0 Å². The van der Waals surface area contributed by atoms with Crippen LogP contribution < -0.4 is 0 Å². The Bertz CT molecular complexity index is 1090. The zero-order chi connectivity index (χ0) is 23.7. The molecule has 0 aliphatic carbocycles. The molecule has 0 saturated carbocycles. The molecule has 1 aliphatic rings.